The molecule has 0 aromatic carbocycles. The molecule has 2 aromatic heterocycles. The first-order chi connectivity index (χ1) is 11.7. The number of H-pyrrole nitrogens is 2. The Bertz CT molecular complexity index is 764. The SMILES string of the molecule is Cc1c[nH]c(CCC(c2nc(C)c(O)[nH]2)P2(=O)OCC(C)(C)CO2)n1. The van der Waals surface area contributed by atoms with Crippen molar-refractivity contribution in [2.75, 3.05) is 13.2 Å². The Labute approximate surface area is 146 Å². The van der Waals surface area contributed by atoms with E-state index in [0.717, 1.165) is 11.5 Å². The second kappa shape index (κ2) is 6.59. The standard InChI is InChI=1S/C16H25N4O4P/c1-10-7-17-13(18-10)6-5-12(14-19-11(2)15(21)20-14)25(22)23-8-16(3,4)9-24-25/h7,12,21H,5-6,8-9H2,1-4H3,(H,17,18)(H,19,20). The number of hydrogen-bond donors (Lipinski definition) is 3. The Morgan fingerprint density at radius 2 is 2.00 bits per heavy atom. The van der Waals surface area contributed by atoms with E-state index in [9.17, 15) is 9.67 Å². The largest absolute Gasteiger partial charge is 0.493 e. The third-order valence-electron chi connectivity index (χ3n) is 4.26. The summed E-state index contributed by atoms with van der Waals surface area (Å²) in [6, 6.07) is 0. The van der Waals surface area contributed by atoms with E-state index < -0.39 is 13.3 Å². The van der Waals surface area contributed by atoms with Crippen molar-refractivity contribution in [3.63, 3.8) is 0 Å². The van der Waals surface area contributed by atoms with Crippen molar-refractivity contribution in [2.45, 2.75) is 46.2 Å². The Morgan fingerprint density at radius 1 is 1.32 bits per heavy atom. The number of rotatable bonds is 5. The molecular formula is C16H25N4O4P. The quantitative estimate of drug-likeness (QED) is 0.697. The number of aryl methyl sites for hydroxylation is 3. The summed E-state index contributed by atoms with van der Waals surface area (Å²) in [5.74, 6) is 1.19. The summed E-state index contributed by atoms with van der Waals surface area (Å²) >= 11 is 0. The van der Waals surface area contributed by atoms with E-state index in [1.165, 1.54) is 0 Å². The lowest BCUT2D eigenvalue weighted by Crippen LogP contribution is -2.31. The summed E-state index contributed by atoms with van der Waals surface area (Å²) in [6.07, 6.45) is 2.86. The maximum atomic E-state index is 13.4. The number of aromatic amines is 2. The van der Waals surface area contributed by atoms with E-state index in [4.69, 9.17) is 9.05 Å². The molecule has 138 valence electrons. The van der Waals surface area contributed by atoms with Crippen LogP contribution < -0.4 is 0 Å². The van der Waals surface area contributed by atoms with Crippen LogP contribution in [0.1, 0.15) is 49.0 Å². The van der Waals surface area contributed by atoms with Crippen molar-refractivity contribution in [3.8, 4) is 5.88 Å². The van der Waals surface area contributed by atoms with Gasteiger partial charge in [0.15, 0.2) is 0 Å². The predicted molar refractivity (Wildman–Crippen MR) is 92.7 cm³/mol. The molecule has 1 aliphatic rings. The summed E-state index contributed by atoms with van der Waals surface area (Å²) in [5.41, 5.74) is 0.584. The molecule has 1 unspecified atom stereocenters. The Kier molecular flexibility index (Phi) is 4.79. The van der Waals surface area contributed by atoms with Crippen LogP contribution in [0.2, 0.25) is 0 Å². The van der Waals surface area contributed by atoms with Crippen LogP contribution in [-0.2, 0) is 20.0 Å². The van der Waals surface area contributed by atoms with Gasteiger partial charge in [0.1, 0.15) is 17.3 Å². The predicted octanol–water partition coefficient (Wildman–Crippen LogP) is 3.40. The lowest BCUT2D eigenvalue weighted by molar-refractivity contribution is 0.0372. The van der Waals surface area contributed by atoms with Gasteiger partial charge in [-0.2, -0.15) is 0 Å². The third-order valence-corrected chi connectivity index (χ3v) is 6.50. The molecule has 0 amide bonds. The number of aromatic hydroxyl groups is 1. The van der Waals surface area contributed by atoms with Crippen molar-refractivity contribution in [1.29, 1.82) is 0 Å². The van der Waals surface area contributed by atoms with Gasteiger partial charge in [0.05, 0.1) is 24.6 Å². The molecular weight excluding hydrogens is 343 g/mol. The van der Waals surface area contributed by atoms with Gasteiger partial charge >= 0.3 is 7.60 Å². The molecule has 3 N–H and O–H groups in total. The van der Waals surface area contributed by atoms with Crippen LogP contribution in [0, 0.1) is 19.3 Å². The smallest absolute Gasteiger partial charge is 0.341 e. The average Bonchev–Trinajstić information content (AvgIpc) is 3.09. The maximum absolute atomic E-state index is 13.4. The van der Waals surface area contributed by atoms with E-state index >= 15 is 0 Å². The summed E-state index contributed by atoms with van der Waals surface area (Å²) in [6.45, 7) is 8.30. The second-order valence-electron chi connectivity index (χ2n) is 7.35. The topological polar surface area (TPSA) is 113 Å². The van der Waals surface area contributed by atoms with Crippen molar-refractivity contribution >= 4 is 7.60 Å². The zero-order valence-corrected chi connectivity index (χ0v) is 15.9. The monoisotopic (exact) mass is 368 g/mol. The van der Waals surface area contributed by atoms with E-state index in [0.29, 0.717) is 37.6 Å². The Hall–Kier alpha value is -1.63. The second-order valence-corrected chi connectivity index (χ2v) is 9.57. The first kappa shape index (κ1) is 18.2. The van der Waals surface area contributed by atoms with Crippen LogP contribution in [0.4, 0.5) is 0 Å². The normalized spacial score (nSPS) is 20.5. The van der Waals surface area contributed by atoms with Crippen LogP contribution in [0.25, 0.3) is 0 Å². The molecule has 0 aliphatic carbocycles. The van der Waals surface area contributed by atoms with E-state index in [1.807, 2.05) is 27.0 Å². The van der Waals surface area contributed by atoms with Crippen LogP contribution in [-0.4, -0.2) is 38.3 Å². The Morgan fingerprint density at radius 3 is 2.52 bits per heavy atom. The molecule has 0 saturated carbocycles. The third kappa shape index (κ3) is 3.97. The van der Waals surface area contributed by atoms with Crippen molar-refractivity contribution in [1.82, 2.24) is 19.9 Å². The van der Waals surface area contributed by atoms with E-state index in [1.54, 1.807) is 6.92 Å². The number of imidazole rings is 2. The van der Waals surface area contributed by atoms with Crippen LogP contribution in [0.15, 0.2) is 6.20 Å². The molecule has 1 saturated heterocycles. The van der Waals surface area contributed by atoms with Gasteiger partial charge in [-0.25, -0.2) is 9.97 Å². The van der Waals surface area contributed by atoms with Gasteiger partial charge in [-0.1, -0.05) is 13.8 Å². The fourth-order valence-corrected chi connectivity index (χ4v) is 5.09. The highest BCUT2D eigenvalue weighted by atomic mass is 31.2. The zero-order valence-electron chi connectivity index (χ0n) is 15.0. The van der Waals surface area contributed by atoms with Gasteiger partial charge in [-0.3, -0.25) is 4.57 Å². The minimum atomic E-state index is -3.41. The summed E-state index contributed by atoms with van der Waals surface area (Å²) in [5, 5.41) is 9.84. The molecule has 3 rings (SSSR count). The molecule has 1 atom stereocenters. The van der Waals surface area contributed by atoms with Crippen LogP contribution in [0.3, 0.4) is 0 Å². The molecule has 9 heteroatoms. The van der Waals surface area contributed by atoms with E-state index in [-0.39, 0.29) is 11.3 Å². The fraction of sp³-hybridized carbons (Fsp3) is 0.625. The highest BCUT2D eigenvalue weighted by molar-refractivity contribution is 7.54. The minimum Gasteiger partial charge on any atom is -0.493 e. The molecule has 1 aliphatic heterocycles. The van der Waals surface area contributed by atoms with Crippen LogP contribution in [0.5, 0.6) is 5.88 Å². The lowest BCUT2D eigenvalue weighted by Gasteiger charge is -2.36. The molecule has 25 heavy (non-hydrogen) atoms. The fourth-order valence-electron chi connectivity index (χ4n) is 2.73. The summed E-state index contributed by atoms with van der Waals surface area (Å²) < 4.78 is 24.8. The van der Waals surface area contributed by atoms with Gasteiger partial charge < -0.3 is 24.1 Å². The number of nitrogens with zero attached hydrogens (tertiary/aromatic N) is 2. The summed E-state index contributed by atoms with van der Waals surface area (Å²) in [4.78, 5) is 14.6. The van der Waals surface area contributed by atoms with Gasteiger partial charge in [0, 0.05) is 18.0 Å². The van der Waals surface area contributed by atoms with Gasteiger partial charge in [-0.05, 0) is 20.3 Å². The summed E-state index contributed by atoms with van der Waals surface area (Å²) in [7, 11) is -3.41. The molecule has 0 bridgehead atoms. The lowest BCUT2D eigenvalue weighted by atomic mass is 9.97. The maximum Gasteiger partial charge on any atom is 0.341 e. The highest BCUT2D eigenvalue weighted by Gasteiger charge is 2.45. The van der Waals surface area contributed by atoms with Crippen molar-refractivity contribution in [3.05, 3.63) is 29.2 Å². The first-order valence-electron chi connectivity index (χ1n) is 8.34. The van der Waals surface area contributed by atoms with Gasteiger partial charge in [0.2, 0.25) is 5.88 Å². The molecule has 8 nitrogen and oxygen atoms in total. The first-order valence-corrected chi connectivity index (χ1v) is 9.95. The van der Waals surface area contributed by atoms with Crippen LogP contribution >= 0.6 is 7.60 Å². The number of hydrogen-bond acceptors (Lipinski definition) is 6. The molecule has 2 aromatic rings. The van der Waals surface area contributed by atoms with Gasteiger partial charge in [0.25, 0.3) is 0 Å². The Balaban J connectivity index is 1.85. The zero-order chi connectivity index (χ0) is 18.2. The van der Waals surface area contributed by atoms with Crippen molar-refractivity contribution in [2.24, 2.45) is 5.41 Å². The number of nitrogens with one attached hydrogen (secondary N) is 2. The number of aromatic nitrogens is 4. The van der Waals surface area contributed by atoms with E-state index in [2.05, 4.69) is 19.9 Å². The highest BCUT2D eigenvalue weighted by Crippen LogP contribution is 2.65. The molecule has 0 spiro atoms. The van der Waals surface area contributed by atoms with Gasteiger partial charge in [-0.15, -0.1) is 0 Å². The minimum absolute atomic E-state index is 0.0298. The molecule has 0 radical (unpaired) electrons. The molecule has 3 heterocycles. The average molecular weight is 368 g/mol. The van der Waals surface area contributed by atoms with Crippen molar-refractivity contribution < 1.29 is 18.7 Å². The molecule has 1 fully saturated rings.